The highest BCUT2D eigenvalue weighted by molar-refractivity contribution is 6.59. The summed E-state index contributed by atoms with van der Waals surface area (Å²) in [6, 6.07) is 47.2. The molecule has 0 aliphatic rings. The lowest BCUT2D eigenvalue weighted by Gasteiger charge is -2.10. The monoisotopic (exact) mass is 818 g/mol. The minimum absolute atomic E-state index is 0.0388. The van der Waals surface area contributed by atoms with Crippen molar-refractivity contribution in [3.63, 3.8) is 0 Å². The number of halogens is 5. The molecule has 292 valence electrons. The highest BCUT2D eigenvalue weighted by Gasteiger charge is 2.20. The number of nitriles is 1. The van der Waals surface area contributed by atoms with Crippen LogP contribution in [0, 0.1) is 41.2 Å². The van der Waals surface area contributed by atoms with Gasteiger partial charge in [0.25, 0.3) is 0 Å². The van der Waals surface area contributed by atoms with E-state index in [2.05, 4.69) is 24.8 Å². The molecule has 0 fully saturated rings. The van der Waals surface area contributed by atoms with Crippen molar-refractivity contribution in [2.75, 3.05) is 0 Å². The van der Waals surface area contributed by atoms with Crippen LogP contribution in [0.2, 0.25) is 5.28 Å². The first-order valence-corrected chi connectivity index (χ1v) is 18.2. The van der Waals surface area contributed by atoms with Gasteiger partial charge in [0.05, 0.1) is 41.0 Å². The molecule has 0 amide bonds. The summed E-state index contributed by atoms with van der Waals surface area (Å²) in [6.07, 6.45) is 0. The second-order valence-corrected chi connectivity index (χ2v) is 12.9. The second kappa shape index (κ2) is 19.7. The Morgan fingerprint density at radius 1 is 0.533 bits per heavy atom. The van der Waals surface area contributed by atoms with Crippen molar-refractivity contribution in [1.82, 2.24) is 19.9 Å². The third-order valence-electron chi connectivity index (χ3n) is 8.59. The van der Waals surface area contributed by atoms with Gasteiger partial charge in [0.1, 0.15) is 11.6 Å². The van der Waals surface area contributed by atoms with Crippen molar-refractivity contribution >= 4 is 29.9 Å². The molecule has 0 spiro atoms. The molecule has 0 aliphatic carbocycles. The van der Waals surface area contributed by atoms with Crippen molar-refractivity contribution in [3.8, 4) is 62.5 Å². The molecule has 0 unspecified atom stereocenters. The number of aromatic nitrogens is 4. The Morgan fingerprint density at radius 3 is 1.28 bits per heavy atom. The number of rotatable bonds is 6. The Morgan fingerprint density at radius 2 is 0.900 bits per heavy atom. The fourth-order valence-electron chi connectivity index (χ4n) is 5.69. The van der Waals surface area contributed by atoms with Crippen LogP contribution in [0.4, 0.5) is 23.2 Å². The van der Waals surface area contributed by atoms with Gasteiger partial charge < -0.3 is 10.0 Å². The van der Waals surface area contributed by atoms with E-state index in [9.17, 15) is 17.6 Å². The summed E-state index contributed by atoms with van der Waals surface area (Å²) in [6.45, 7) is 7.32. The van der Waals surface area contributed by atoms with Crippen molar-refractivity contribution < 1.29 is 27.6 Å². The van der Waals surface area contributed by atoms with Crippen LogP contribution in [0.15, 0.2) is 158 Å². The van der Waals surface area contributed by atoms with Gasteiger partial charge >= 0.3 is 7.12 Å². The number of nitrogens with zero attached hydrogens (tertiary/aromatic N) is 6. The molecule has 6 aromatic carbocycles. The van der Waals surface area contributed by atoms with Gasteiger partial charge in [-0.25, -0.2) is 42.3 Å². The predicted molar refractivity (Wildman–Crippen MR) is 223 cm³/mol. The molecule has 8 aromatic rings. The van der Waals surface area contributed by atoms with Crippen LogP contribution in [-0.4, -0.2) is 37.1 Å². The van der Waals surface area contributed by atoms with E-state index in [1.54, 1.807) is 0 Å². The number of hydrogen-bond donors (Lipinski definition) is 2. The first-order valence-electron chi connectivity index (χ1n) is 17.8. The molecular weight excluding hydrogens is 791 g/mol. The Kier molecular flexibility index (Phi) is 13.8. The number of hydrogen-bond acceptors (Lipinski definition) is 7. The topological polar surface area (TPSA) is 120 Å². The maximum atomic E-state index is 13.9. The molecule has 14 heteroatoms. The van der Waals surface area contributed by atoms with Gasteiger partial charge in [-0.3, -0.25) is 0 Å². The van der Waals surface area contributed by atoms with Gasteiger partial charge in [-0.2, -0.15) is 5.26 Å². The first kappa shape index (κ1) is 42.1. The van der Waals surface area contributed by atoms with E-state index >= 15 is 0 Å². The first-order chi connectivity index (χ1) is 29.0. The molecule has 60 heavy (non-hydrogen) atoms. The third kappa shape index (κ3) is 10.5. The number of benzene rings is 6. The molecular formula is C46H28BClF4N6O2. The maximum absolute atomic E-state index is 13.9. The summed E-state index contributed by atoms with van der Waals surface area (Å²) in [5, 5.41) is 26.0. The lowest BCUT2D eigenvalue weighted by Crippen LogP contribution is -2.33. The SMILES string of the molecule is Clc1nc(-c2ccccc2)cc(-c2ccccc2)n1.N#Cc1cc(F)c(F)cc1B(O)O.[C-]#[N+]c1cc(F)c(F)cc1-c1nc(-c2ccccc2)cc(-c2ccccc2)n1. The van der Waals surface area contributed by atoms with Crippen molar-refractivity contribution in [2.24, 2.45) is 0 Å². The zero-order valence-corrected chi connectivity index (χ0v) is 31.8. The summed E-state index contributed by atoms with van der Waals surface area (Å²) in [5.74, 6) is -4.36. The smallest absolute Gasteiger partial charge is 0.423 e. The standard InChI is InChI=1S/C23H13F2N3.C16H11ClN2.C7H4BF2NO2/c1-26-22-13-19(25)18(24)12-17(22)23-27-20(15-8-4-2-5-9-15)14-21(28-23)16-10-6-3-7-11-16;17-16-18-14(12-7-3-1-4-8-12)11-15(19-16)13-9-5-2-6-10-13;9-6-1-4(3-11)5(8(12)13)2-7(6)10/h2-14H;1-11H;1-2,12-13H. The molecule has 2 aromatic heterocycles. The zero-order valence-electron chi connectivity index (χ0n) is 31.1. The van der Waals surface area contributed by atoms with Crippen LogP contribution >= 0.6 is 11.6 Å². The molecule has 0 aliphatic heterocycles. The highest BCUT2D eigenvalue weighted by Crippen LogP contribution is 2.34. The average Bonchev–Trinajstić information content (AvgIpc) is 3.29. The lowest BCUT2D eigenvalue weighted by molar-refractivity contribution is 0.424. The van der Waals surface area contributed by atoms with Gasteiger partial charge in [0.15, 0.2) is 17.5 Å². The van der Waals surface area contributed by atoms with E-state index in [0.29, 0.717) is 23.5 Å². The normalized spacial score (nSPS) is 10.2. The van der Waals surface area contributed by atoms with E-state index in [-0.39, 0.29) is 33.4 Å². The molecule has 0 radical (unpaired) electrons. The summed E-state index contributed by atoms with van der Waals surface area (Å²) < 4.78 is 52.6. The van der Waals surface area contributed by atoms with E-state index < -0.39 is 30.4 Å². The Hall–Kier alpha value is -7.55. The third-order valence-corrected chi connectivity index (χ3v) is 8.76. The lowest BCUT2D eigenvalue weighted by atomic mass is 9.77. The van der Waals surface area contributed by atoms with Crippen LogP contribution in [0.5, 0.6) is 0 Å². The van der Waals surface area contributed by atoms with Crippen molar-refractivity contribution in [2.45, 2.75) is 0 Å². The van der Waals surface area contributed by atoms with Gasteiger partial charge in [-0.1, -0.05) is 121 Å². The maximum Gasteiger partial charge on any atom is 0.489 e. The zero-order chi connectivity index (χ0) is 42.6. The van der Waals surface area contributed by atoms with Crippen LogP contribution in [0.3, 0.4) is 0 Å². The molecule has 2 heterocycles. The Labute approximate surface area is 347 Å². The molecule has 8 nitrogen and oxygen atoms in total. The van der Waals surface area contributed by atoms with Gasteiger partial charge in [-0.05, 0) is 48.0 Å². The van der Waals surface area contributed by atoms with E-state index in [0.717, 1.165) is 45.8 Å². The van der Waals surface area contributed by atoms with Crippen LogP contribution in [0.1, 0.15) is 5.56 Å². The summed E-state index contributed by atoms with van der Waals surface area (Å²) in [5.41, 5.74) is 6.18. The Bertz CT molecular complexity index is 2720. The molecule has 8 rings (SSSR count). The second-order valence-electron chi connectivity index (χ2n) is 12.6. The Balaban J connectivity index is 0.000000163. The highest BCUT2D eigenvalue weighted by atomic mass is 35.5. The molecule has 0 atom stereocenters. The van der Waals surface area contributed by atoms with Crippen LogP contribution < -0.4 is 5.46 Å². The van der Waals surface area contributed by atoms with Gasteiger partial charge in [0, 0.05) is 33.3 Å². The largest absolute Gasteiger partial charge is 0.489 e. The minimum Gasteiger partial charge on any atom is -0.423 e. The summed E-state index contributed by atoms with van der Waals surface area (Å²) in [4.78, 5) is 21.0. The molecule has 0 saturated heterocycles. The van der Waals surface area contributed by atoms with Crippen molar-refractivity contribution in [1.29, 1.82) is 5.26 Å². The van der Waals surface area contributed by atoms with Crippen LogP contribution in [-0.2, 0) is 0 Å². The quantitative estimate of drug-likeness (QED) is 0.0742. The summed E-state index contributed by atoms with van der Waals surface area (Å²) in [7, 11) is -1.98. The minimum atomic E-state index is -1.98. The van der Waals surface area contributed by atoms with Gasteiger partial charge in [-0.15, -0.1) is 0 Å². The van der Waals surface area contributed by atoms with E-state index in [1.807, 2.05) is 133 Å². The van der Waals surface area contributed by atoms with E-state index in [4.69, 9.17) is 33.5 Å². The molecule has 0 bridgehead atoms. The predicted octanol–water partition coefficient (Wildman–Crippen LogP) is 10.3. The van der Waals surface area contributed by atoms with Gasteiger partial charge in [0.2, 0.25) is 11.0 Å². The molecule has 2 N–H and O–H groups in total. The van der Waals surface area contributed by atoms with Crippen LogP contribution in [0.25, 0.3) is 61.3 Å². The van der Waals surface area contributed by atoms with Crippen molar-refractivity contribution in [3.05, 3.63) is 203 Å². The fraction of sp³-hybridized carbons (Fsp3) is 0. The van der Waals surface area contributed by atoms with E-state index in [1.165, 1.54) is 6.07 Å². The summed E-state index contributed by atoms with van der Waals surface area (Å²) >= 11 is 6.03. The fourth-order valence-corrected chi connectivity index (χ4v) is 5.88. The molecule has 0 saturated carbocycles. The average molecular weight is 819 g/mol.